The standard InChI is InChI=1S/C28H31F2N3O7S2/c1-18-15-33(19(2)17-34)28(35)25-14-22(31-41(36,37)23-9-4-20(29)5-10-23)8-13-26(25)40-27(18)16-32(3)42(38,39)24-11-6-21(30)7-12-24/h4-14,18-19,27,31,34H,15-17H2,1-3H3/t18-,19-,27+/m0/s1. The molecule has 10 nitrogen and oxygen atoms in total. The number of benzene rings is 3. The van der Waals surface area contributed by atoms with Crippen LogP contribution in [0.25, 0.3) is 0 Å². The van der Waals surface area contributed by atoms with E-state index in [4.69, 9.17) is 4.74 Å². The monoisotopic (exact) mass is 623 g/mol. The highest BCUT2D eigenvalue weighted by molar-refractivity contribution is 7.92. The number of likely N-dealkylation sites (N-methyl/N-ethyl adjacent to an activating group) is 1. The molecule has 0 bridgehead atoms. The van der Waals surface area contributed by atoms with Crippen molar-refractivity contribution < 1.29 is 40.3 Å². The van der Waals surface area contributed by atoms with Gasteiger partial charge in [0.25, 0.3) is 15.9 Å². The molecule has 0 aliphatic carbocycles. The molecule has 3 atom stereocenters. The van der Waals surface area contributed by atoms with E-state index in [1.807, 2.05) is 0 Å². The van der Waals surface area contributed by atoms with E-state index < -0.39 is 55.7 Å². The molecular formula is C28H31F2N3O7S2. The number of nitrogens with zero attached hydrogens (tertiary/aromatic N) is 2. The fourth-order valence-corrected chi connectivity index (χ4v) is 6.70. The van der Waals surface area contributed by atoms with Gasteiger partial charge < -0.3 is 14.7 Å². The number of ether oxygens (including phenoxy) is 1. The Hall–Kier alpha value is -3.59. The molecule has 0 spiro atoms. The third kappa shape index (κ3) is 6.72. The van der Waals surface area contributed by atoms with E-state index in [2.05, 4.69) is 4.72 Å². The van der Waals surface area contributed by atoms with Gasteiger partial charge >= 0.3 is 0 Å². The van der Waals surface area contributed by atoms with Crippen LogP contribution in [0.5, 0.6) is 5.75 Å². The van der Waals surface area contributed by atoms with E-state index in [-0.39, 0.29) is 46.5 Å². The second-order valence-corrected chi connectivity index (χ2v) is 13.9. The number of halogens is 2. The number of hydrogen-bond acceptors (Lipinski definition) is 7. The second kappa shape index (κ2) is 12.3. The van der Waals surface area contributed by atoms with Gasteiger partial charge in [-0.15, -0.1) is 0 Å². The molecule has 226 valence electrons. The Morgan fingerprint density at radius 1 is 1.00 bits per heavy atom. The maximum absolute atomic E-state index is 13.6. The van der Waals surface area contributed by atoms with Crippen molar-refractivity contribution in [2.45, 2.75) is 35.8 Å². The number of aliphatic hydroxyl groups excluding tert-OH is 1. The van der Waals surface area contributed by atoms with Crippen LogP contribution in [0, 0.1) is 17.6 Å². The summed E-state index contributed by atoms with van der Waals surface area (Å²) in [5, 5.41) is 9.86. The number of carbonyl (C=O) groups excluding carboxylic acids is 1. The van der Waals surface area contributed by atoms with Crippen molar-refractivity contribution in [2.75, 3.05) is 31.5 Å². The molecule has 2 N–H and O–H groups in total. The number of amides is 1. The van der Waals surface area contributed by atoms with Gasteiger partial charge in [0.1, 0.15) is 23.5 Å². The number of carbonyl (C=O) groups is 1. The molecule has 1 aliphatic rings. The van der Waals surface area contributed by atoms with Crippen molar-refractivity contribution in [3.05, 3.63) is 83.9 Å². The van der Waals surface area contributed by atoms with Gasteiger partial charge in [-0.1, -0.05) is 6.92 Å². The second-order valence-electron chi connectivity index (χ2n) is 10.1. The molecule has 3 aromatic carbocycles. The summed E-state index contributed by atoms with van der Waals surface area (Å²) in [5.41, 5.74) is 0.0309. The first-order valence-electron chi connectivity index (χ1n) is 13.0. The number of rotatable bonds is 9. The van der Waals surface area contributed by atoms with Gasteiger partial charge in [-0.2, -0.15) is 4.31 Å². The Kier molecular flexibility index (Phi) is 9.21. The molecule has 42 heavy (non-hydrogen) atoms. The van der Waals surface area contributed by atoms with E-state index in [1.54, 1.807) is 13.8 Å². The van der Waals surface area contributed by atoms with Gasteiger partial charge in [-0.25, -0.2) is 25.6 Å². The van der Waals surface area contributed by atoms with E-state index in [0.29, 0.717) is 0 Å². The van der Waals surface area contributed by atoms with Crippen molar-refractivity contribution >= 4 is 31.6 Å². The first-order valence-corrected chi connectivity index (χ1v) is 15.9. The van der Waals surface area contributed by atoms with Crippen molar-refractivity contribution in [3.8, 4) is 5.75 Å². The van der Waals surface area contributed by atoms with Crippen LogP contribution in [0.2, 0.25) is 0 Å². The van der Waals surface area contributed by atoms with E-state index >= 15 is 0 Å². The van der Waals surface area contributed by atoms with Crippen molar-refractivity contribution in [2.24, 2.45) is 5.92 Å². The van der Waals surface area contributed by atoms with Crippen molar-refractivity contribution in [1.29, 1.82) is 0 Å². The average molecular weight is 624 g/mol. The smallest absolute Gasteiger partial charge is 0.261 e. The molecule has 0 aromatic heterocycles. The SMILES string of the molecule is C[C@H]1CN([C@@H](C)CO)C(=O)c2cc(NS(=O)(=O)c3ccc(F)cc3)ccc2O[C@@H]1CN(C)S(=O)(=O)c1ccc(F)cc1. The summed E-state index contributed by atoms with van der Waals surface area (Å²) in [6, 6.07) is 12.1. The summed E-state index contributed by atoms with van der Waals surface area (Å²) in [5.74, 6) is -2.02. The minimum atomic E-state index is -4.13. The van der Waals surface area contributed by atoms with Crippen LogP contribution >= 0.6 is 0 Å². The van der Waals surface area contributed by atoms with Gasteiger partial charge in [0, 0.05) is 25.2 Å². The number of fused-ring (bicyclic) bond motifs is 1. The minimum Gasteiger partial charge on any atom is -0.488 e. The summed E-state index contributed by atoms with van der Waals surface area (Å²) in [4.78, 5) is 14.8. The Labute approximate surface area is 243 Å². The number of nitrogens with one attached hydrogen (secondary N) is 1. The van der Waals surface area contributed by atoms with E-state index in [0.717, 1.165) is 52.8 Å². The van der Waals surface area contributed by atoms with Crippen molar-refractivity contribution in [3.63, 3.8) is 0 Å². The summed E-state index contributed by atoms with van der Waals surface area (Å²) in [7, 11) is -6.78. The molecular weight excluding hydrogens is 592 g/mol. The van der Waals surface area contributed by atoms with Crippen molar-refractivity contribution in [1.82, 2.24) is 9.21 Å². The molecule has 1 amide bonds. The Morgan fingerprint density at radius 3 is 2.14 bits per heavy atom. The molecule has 0 unspecified atom stereocenters. The van der Waals surface area contributed by atoms with Crippen LogP contribution in [0.1, 0.15) is 24.2 Å². The summed E-state index contributed by atoms with van der Waals surface area (Å²) in [6.45, 7) is 3.04. The quantitative estimate of drug-likeness (QED) is 0.374. The number of sulfonamides is 2. The highest BCUT2D eigenvalue weighted by atomic mass is 32.2. The number of hydrogen-bond donors (Lipinski definition) is 2. The first kappa shape index (κ1) is 31.3. The maximum atomic E-state index is 13.6. The van der Waals surface area contributed by atoms with Crippen LogP contribution in [-0.2, 0) is 20.0 Å². The molecule has 14 heteroatoms. The zero-order chi connectivity index (χ0) is 30.8. The summed E-state index contributed by atoms with van der Waals surface area (Å²) >= 11 is 0. The van der Waals surface area contributed by atoms with Crippen LogP contribution < -0.4 is 9.46 Å². The fraction of sp³-hybridized carbons (Fsp3) is 0.321. The minimum absolute atomic E-state index is 0.00412. The fourth-order valence-electron chi connectivity index (χ4n) is 4.47. The van der Waals surface area contributed by atoms with Gasteiger partial charge in [0.2, 0.25) is 10.0 Å². The molecule has 0 fully saturated rings. The summed E-state index contributed by atoms with van der Waals surface area (Å²) < 4.78 is 88.4. The summed E-state index contributed by atoms with van der Waals surface area (Å²) in [6.07, 6.45) is -0.771. The van der Waals surface area contributed by atoms with Gasteiger partial charge in [0.15, 0.2) is 0 Å². The third-order valence-corrected chi connectivity index (χ3v) is 10.2. The molecule has 3 aromatic rings. The molecule has 1 heterocycles. The highest BCUT2D eigenvalue weighted by Crippen LogP contribution is 2.32. The average Bonchev–Trinajstić information content (AvgIpc) is 2.95. The zero-order valence-electron chi connectivity index (χ0n) is 23.1. The van der Waals surface area contributed by atoms with E-state index in [9.17, 15) is 35.5 Å². The lowest BCUT2D eigenvalue weighted by molar-refractivity contribution is 0.0387. The maximum Gasteiger partial charge on any atom is 0.261 e. The predicted octanol–water partition coefficient (Wildman–Crippen LogP) is 3.31. The van der Waals surface area contributed by atoms with Gasteiger partial charge in [0.05, 0.1) is 34.5 Å². The lowest BCUT2D eigenvalue weighted by atomic mass is 9.99. The van der Waals surface area contributed by atoms with Gasteiger partial charge in [-0.05, 0) is 73.7 Å². The number of aliphatic hydroxyl groups is 1. The van der Waals surface area contributed by atoms with E-state index in [1.165, 1.54) is 30.1 Å². The largest absolute Gasteiger partial charge is 0.488 e. The first-order chi connectivity index (χ1) is 19.7. The van der Waals surface area contributed by atoms with Crippen LogP contribution in [0.3, 0.4) is 0 Å². The normalized spacial score (nSPS) is 18.5. The molecule has 0 radical (unpaired) electrons. The Balaban J connectivity index is 1.68. The topological polar surface area (TPSA) is 133 Å². The molecule has 4 rings (SSSR count). The van der Waals surface area contributed by atoms with Crippen LogP contribution in [0.15, 0.2) is 76.5 Å². The number of anilines is 1. The Bertz CT molecular complexity index is 1650. The highest BCUT2D eigenvalue weighted by Gasteiger charge is 2.35. The lowest BCUT2D eigenvalue weighted by Crippen LogP contribution is -2.50. The third-order valence-electron chi connectivity index (χ3n) is 7.00. The molecule has 1 aliphatic heterocycles. The zero-order valence-corrected chi connectivity index (χ0v) is 24.7. The van der Waals surface area contributed by atoms with Crippen LogP contribution in [-0.4, -0.2) is 75.9 Å². The lowest BCUT2D eigenvalue weighted by Gasteiger charge is -2.38. The van der Waals surface area contributed by atoms with Gasteiger partial charge in [-0.3, -0.25) is 9.52 Å². The predicted molar refractivity (Wildman–Crippen MR) is 151 cm³/mol. The molecule has 0 saturated heterocycles. The Morgan fingerprint density at radius 2 is 1.57 bits per heavy atom. The van der Waals surface area contributed by atoms with Crippen LogP contribution in [0.4, 0.5) is 14.5 Å². The molecule has 0 saturated carbocycles.